The lowest BCUT2D eigenvalue weighted by Crippen LogP contribution is -2.32. The summed E-state index contributed by atoms with van der Waals surface area (Å²) in [6, 6.07) is -0.944. The number of ether oxygens (including phenoxy) is 1. The number of hydrogen-bond acceptors (Lipinski definition) is 3. The van der Waals surface area contributed by atoms with Gasteiger partial charge in [-0.3, -0.25) is 4.79 Å². The summed E-state index contributed by atoms with van der Waals surface area (Å²) >= 11 is 0. The van der Waals surface area contributed by atoms with Crippen LogP contribution in [0.15, 0.2) is 0 Å². The van der Waals surface area contributed by atoms with Gasteiger partial charge in [0.15, 0.2) is 0 Å². The highest BCUT2D eigenvalue weighted by molar-refractivity contribution is 5.85. The van der Waals surface area contributed by atoms with Crippen LogP contribution < -0.4 is 5.73 Å². The van der Waals surface area contributed by atoms with E-state index in [1.165, 1.54) is 7.11 Å². The van der Waals surface area contributed by atoms with E-state index >= 15 is 0 Å². The number of halogens is 3. The Hall–Kier alpha value is -0.420. The van der Waals surface area contributed by atoms with Crippen molar-refractivity contribution in [1.82, 2.24) is 0 Å². The van der Waals surface area contributed by atoms with Crippen molar-refractivity contribution in [3.05, 3.63) is 0 Å². The molecule has 0 aromatic heterocycles. The molecule has 13 heavy (non-hydrogen) atoms. The molecule has 0 heterocycles. The smallest absolute Gasteiger partial charge is 0.322 e. The molecule has 0 bridgehead atoms. The molecular formula is C7H14ClF2NO2. The maximum atomic E-state index is 12.2. The fraction of sp³-hybridized carbons (Fsp3) is 0.857. The van der Waals surface area contributed by atoms with Gasteiger partial charge >= 0.3 is 5.97 Å². The van der Waals surface area contributed by atoms with Gasteiger partial charge < -0.3 is 10.5 Å². The number of esters is 1. The predicted octanol–water partition coefficient (Wildman–Crippen LogP) is 1.34. The Morgan fingerprint density at radius 1 is 1.62 bits per heavy atom. The van der Waals surface area contributed by atoms with E-state index in [4.69, 9.17) is 5.73 Å². The first-order chi connectivity index (χ1) is 5.37. The molecule has 1 unspecified atom stereocenters. The zero-order chi connectivity index (χ0) is 9.78. The highest BCUT2D eigenvalue weighted by atomic mass is 35.5. The molecule has 0 aliphatic heterocycles. The third-order valence-electron chi connectivity index (χ3n) is 1.40. The van der Waals surface area contributed by atoms with Crippen LogP contribution in [0, 0.1) is 0 Å². The fourth-order valence-corrected chi connectivity index (χ4v) is 0.678. The van der Waals surface area contributed by atoms with Crippen LogP contribution in [-0.2, 0) is 9.53 Å². The SMILES string of the molecule is COC(=O)C(N)CCC(C)(F)F.Cl. The van der Waals surface area contributed by atoms with Crippen LogP contribution in [0.2, 0.25) is 0 Å². The average molecular weight is 218 g/mol. The van der Waals surface area contributed by atoms with E-state index in [1.54, 1.807) is 0 Å². The third-order valence-corrected chi connectivity index (χ3v) is 1.40. The van der Waals surface area contributed by atoms with Crippen molar-refractivity contribution in [2.24, 2.45) is 5.73 Å². The van der Waals surface area contributed by atoms with Crippen LogP contribution in [0.5, 0.6) is 0 Å². The molecule has 0 aromatic rings. The van der Waals surface area contributed by atoms with Gasteiger partial charge in [0, 0.05) is 6.42 Å². The van der Waals surface area contributed by atoms with E-state index < -0.39 is 24.4 Å². The Labute approximate surface area is 82.0 Å². The standard InChI is InChI=1S/C7H13F2NO2.ClH/c1-7(8,9)4-3-5(10)6(11)12-2;/h5H,3-4,10H2,1-2H3;1H. The number of carbonyl (C=O) groups excluding carboxylic acids is 1. The Balaban J connectivity index is 0. The third kappa shape index (κ3) is 7.93. The lowest BCUT2D eigenvalue weighted by atomic mass is 10.1. The minimum absolute atomic E-state index is 0. The van der Waals surface area contributed by atoms with Gasteiger partial charge in [0.2, 0.25) is 5.92 Å². The van der Waals surface area contributed by atoms with Gasteiger partial charge in [-0.05, 0) is 13.3 Å². The van der Waals surface area contributed by atoms with Crippen molar-refractivity contribution in [2.45, 2.75) is 31.7 Å². The Bertz CT molecular complexity index is 161. The molecule has 80 valence electrons. The molecule has 0 aliphatic carbocycles. The molecule has 0 amide bonds. The van der Waals surface area contributed by atoms with Gasteiger partial charge in [-0.2, -0.15) is 0 Å². The normalized spacial score (nSPS) is 13.0. The second-order valence-corrected chi connectivity index (χ2v) is 2.74. The monoisotopic (exact) mass is 217 g/mol. The zero-order valence-corrected chi connectivity index (χ0v) is 8.37. The summed E-state index contributed by atoms with van der Waals surface area (Å²) in [5.41, 5.74) is 5.23. The van der Waals surface area contributed by atoms with E-state index in [0.29, 0.717) is 0 Å². The van der Waals surface area contributed by atoms with E-state index in [2.05, 4.69) is 4.74 Å². The Morgan fingerprint density at radius 3 is 2.38 bits per heavy atom. The Morgan fingerprint density at radius 2 is 2.08 bits per heavy atom. The highest BCUT2D eigenvalue weighted by Gasteiger charge is 2.24. The molecule has 0 fully saturated rings. The minimum Gasteiger partial charge on any atom is -0.468 e. The van der Waals surface area contributed by atoms with Gasteiger partial charge in [0.25, 0.3) is 0 Å². The zero-order valence-electron chi connectivity index (χ0n) is 7.55. The van der Waals surface area contributed by atoms with E-state index in [-0.39, 0.29) is 18.8 Å². The van der Waals surface area contributed by atoms with Crippen LogP contribution in [0.4, 0.5) is 8.78 Å². The van der Waals surface area contributed by atoms with Crippen molar-refractivity contribution in [3.8, 4) is 0 Å². The topological polar surface area (TPSA) is 52.3 Å². The highest BCUT2D eigenvalue weighted by Crippen LogP contribution is 2.19. The molecule has 0 saturated carbocycles. The first-order valence-electron chi connectivity index (χ1n) is 3.58. The molecule has 0 radical (unpaired) electrons. The number of alkyl halides is 2. The van der Waals surface area contributed by atoms with E-state index in [0.717, 1.165) is 6.92 Å². The van der Waals surface area contributed by atoms with Crippen molar-refractivity contribution in [2.75, 3.05) is 7.11 Å². The summed E-state index contributed by atoms with van der Waals surface area (Å²) in [6.45, 7) is 0.789. The van der Waals surface area contributed by atoms with Crippen LogP contribution in [0.1, 0.15) is 19.8 Å². The molecule has 0 saturated heterocycles. The van der Waals surface area contributed by atoms with Crippen molar-refractivity contribution in [3.63, 3.8) is 0 Å². The fourth-order valence-electron chi connectivity index (χ4n) is 0.678. The number of methoxy groups -OCH3 is 1. The molecule has 0 aliphatic rings. The van der Waals surface area contributed by atoms with E-state index in [9.17, 15) is 13.6 Å². The Kier molecular flexibility index (Phi) is 7.07. The van der Waals surface area contributed by atoms with Crippen LogP contribution in [0.25, 0.3) is 0 Å². The van der Waals surface area contributed by atoms with Crippen LogP contribution in [0.3, 0.4) is 0 Å². The first kappa shape index (κ1) is 15.1. The largest absolute Gasteiger partial charge is 0.468 e. The summed E-state index contributed by atoms with van der Waals surface area (Å²) in [4.78, 5) is 10.6. The van der Waals surface area contributed by atoms with Crippen LogP contribution in [-0.4, -0.2) is 25.0 Å². The van der Waals surface area contributed by atoms with Gasteiger partial charge in [0.05, 0.1) is 7.11 Å². The number of carbonyl (C=O) groups is 1. The predicted molar refractivity (Wildman–Crippen MR) is 47.1 cm³/mol. The van der Waals surface area contributed by atoms with Crippen molar-refractivity contribution in [1.29, 1.82) is 0 Å². The molecular weight excluding hydrogens is 204 g/mol. The average Bonchev–Trinajstić information content (AvgIpc) is 1.97. The number of hydrogen-bond donors (Lipinski definition) is 1. The van der Waals surface area contributed by atoms with E-state index in [1.807, 2.05) is 0 Å². The molecule has 1 atom stereocenters. The summed E-state index contributed by atoms with van der Waals surface area (Å²) in [5, 5.41) is 0. The van der Waals surface area contributed by atoms with Gasteiger partial charge in [0.1, 0.15) is 6.04 Å². The molecule has 2 N–H and O–H groups in total. The lowest BCUT2D eigenvalue weighted by molar-refractivity contribution is -0.142. The van der Waals surface area contributed by atoms with Gasteiger partial charge in [-0.15, -0.1) is 12.4 Å². The second kappa shape index (κ2) is 6.10. The van der Waals surface area contributed by atoms with Gasteiger partial charge in [-0.1, -0.05) is 0 Å². The molecule has 6 heteroatoms. The maximum absolute atomic E-state index is 12.2. The first-order valence-corrected chi connectivity index (χ1v) is 3.58. The molecule has 0 aromatic carbocycles. The second-order valence-electron chi connectivity index (χ2n) is 2.74. The summed E-state index contributed by atoms with van der Waals surface area (Å²) < 4.78 is 28.8. The molecule has 0 rings (SSSR count). The minimum atomic E-state index is -2.77. The van der Waals surface area contributed by atoms with Gasteiger partial charge in [-0.25, -0.2) is 8.78 Å². The number of nitrogens with two attached hydrogens (primary N) is 1. The quantitative estimate of drug-likeness (QED) is 0.724. The summed E-state index contributed by atoms with van der Waals surface area (Å²) in [5.74, 6) is -3.43. The summed E-state index contributed by atoms with van der Waals surface area (Å²) in [6.07, 6.45) is -0.459. The summed E-state index contributed by atoms with van der Waals surface area (Å²) in [7, 11) is 1.17. The lowest BCUT2D eigenvalue weighted by Gasteiger charge is -2.12. The van der Waals surface area contributed by atoms with Crippen LogP contribution >= 0.6 is 12.4 Å². The van der Waals surface area contributed by atoms with Crippen molar-refractivity contribution >= 4 is 18.4 Å². The molecule has 0 spiro atoms. The maximum Gasteiger partial charge on any atom is 0.322 e. The number of rotatable bonds is 4. The van der Waals surface area contributed by atoms with Crippen molar-refractivity contribution < 1.29 is 18.3 Å². The molecule has 3 nitrogen and oxygen atoms in total.